The molecule has 0 atom stereocenters. The van der Waals surface area contributed by atoms with Crippen molar-refractivity contribution in [3.05, 3.63) is 53.1 Å². The predicted molar refractivity (Wildman–Crippen MR) is 98.6 cm³/mol. The third-order valence-electron chi connectivity index (χ3n) is 3.72. The van der Waals surface area contributed by atoms with Gasteiger partial charge in [0.05, 0.1) is 18.0 Å². The van der Waals surface area contributed by atoms with Gasteiger partial charge in [0.25, 0.3) is 0 Å². The third-order valence-corrected chi connectivity index (χ3v) is 3.72. The van der Waals surface area contributed by atoms with Gasteiger partial charge in [-0.2, -0.15) is 0 Å². The molecule has 5 nitrogen and oxygen atoms in total. The van der Waals surface area contributed by atoms with E-state index < -0.39 is 0 Å². The molecule has 0 radical (unpaired) electrons. The van der Waals surface area contributed by atoms with E-state index in [1.54, 1.807) is 6.07 Å². The van der Waals surface area contributed by atoms with E-state index in [9.17, 15) is 4.79 Å². The first-order chi connectivity index (χ1) is 11.5. The van der Waals surface area contributed by atoms with E-state index in [0.29, 0.717) is 24.5 Å². The monoisotopic (exact) mass is 327 g/mol. The summed E-state index contributed by atoms with van der Waals surface area (Å²) < 4.78 is 5.81. The van der Waals surface area contributed by atoms with Crippen LogP contribution in [0.25, 0.3) is 0 Å². The van der Waals surface area contributed by atoms with Gasteiger partial charge < -0.3 is 21.1 Å². The van der Waals surface area contributed by atoms with Crippen LogP contribution in [0.4, 0.5) is 16.2 Å². The zero-order valence-electron chi connectivity index (χ0n) is 14.5. The highest BCUT2D eigenvalue weighted by molar-refractivity contribution is 5.92. The smallest absolute Gasteiger partial charge is 0.319 e. The van der Waals surface area contributed by atoms with E-state index in [4.69, 9.17) is 10.5 Å². The van der Waals surface area contributed by atoms with Crippen LogP contribution in [-0.2, 0) is 0 Å². The molecule has 0 aliphatic rings. The molecule has 2 aromatic carbocycles. The molecule has 5 heteroatoms. The molecule has 2 rings (SSSR count). The summed E-state index contributed by atoms with van der Waals surface area (Å²) in [6.45, 7) is 7.09. The number of anilines is 2. The first-order valence-electron chi connectivity index (χ1n) is 8.07. The lowest BCUT2D eigenvalue weighted by Crippen LogP contribution is -2.30. The molecule has 0 fully saturated rings. The summed E-state index contributed by atoms with van der Waals surface area (Å²) in [4.78, 5) is 11.9. The fraction of sp³-hybridized carbons (Fsp3) is 0.316. The lowest BCUT2D eigenvalue weighted by atomic mass is 10.1. The van der Waals surface area contributed by atoms with E-state index in [0.717, 1.165) is 28.9 Å². The van der Waals surface area contributed by atoms with E-state index in [1.807, 2.05) is 51.1 Å². The highest BCUT2D eigenvalue weighted by Gasteiger charge is 2.06. The Bertz CT molecular complexity index is 694. The highest BCUT2D eigenvalue weighted by atomic mass is 16.5. The van der Waals surface area contributed by atoms with Gasteiger partial charge in [-0.3, -0.25) is 0 Å². The number of benzene rings is 2. The lowest BCUT2D eigenvalue weighted by molar-refractivity contribution is 0.250. The highest BCUT2D eigenvalue weighted by Crippen LogP contribution is 2.22. The van der Waals surface area contributed by atoms with Gasteiger partial charge in [0.15, 0.2) is 0 Å². The molecule has 0 heterocycles. The Hall–Kier alpha value is -2.69. The second kappa shape index (κ2) is 8.24. The van der Waals surface area contributed by atoms with E-state index in [-0.39, 0.29) is 6.03 Å². The number of ether oxygens (including phenoxy) is 1. The summed E-state index contributed by atoms with van der Waals surface area (Å²) in [5, 5.41) is 5.57. The molecule has 2 aromatic rings. The molecule has 0 aliphatic carbocycles. The van der Waals surface area contributed by atoms with Crippen molar-refractivity contribution in [1.82, 2.24) is 5.32 Å². The normalized spacial score (nSPS) is 10.3. The maximum absolute atomic E-state index is 11.9. The van der Waals surface area contributed by atoms with E-state index >= 15 is 0 Å². The van der Waals surface area contributed by atoms with Crippen molar-refractivity contribution in [2.24, 2.45) is 0 Å². The van der Waals surface area contributed by atoms with Gasteiger partial charge in [0.2, 0.25) is 0 Å². The molecule has 0 saturated heterocycles. The van der Waals surface area contributed by atoms with Gasteiger partial charge in [-0.25, -0.2) is 4.79 Å². The average molecular weight is 327 g/mol. The van der Waals surface area contributed by atoms with Crippen LogP contribution in [0.1, 0.15) is 23.1 Å². The van der Waals surface area contributed by atoms with Crippen molar-refractivity contribution in [1.29, 1.82) is 0 Å². The number of rotatable bonds is 6. The number of nitrogens with two attached hydrogens (primary N) is 1. The Kier molecular flexibility index (Phi) is 6.07. The summed E-state index contributed by atoms with van der Waals surface area (Å²) in [6, 6.07) is 11.3. The van der Waals surface area contributed by atoms with Gasteiger partial charge in [-0.05, 0) is 56.0 Å². The first-order valence-corrected chi connectivity index (χ1v) is 8.07. The molecule has 0 unspecified atom stereocenters. The van der Waals surface area contributed by atoms with Crippen molar-refractivity contribution in [2.75, 3.05) is 24.2 Å². The van der Waals surface area contributed by atoms with Gasteiger partial charge in [0, 0.05) is 6.54 Å². The number of hydrogen-bond donors (Lipinski definition) is 3. The largest absolute Gasteiger partial charge is 0.493 e. The summed E-state index contributed by atoms with van der Waals surface area (Å²) in [5.74, 6) is 0.925. The second-order valence-electron chi connectivity index (χ2n) is 5.89. The van der Waals surface area contributed by atoms with Crippen LogP contribution in [0, 0.1) is 20.8 Å². The van der Waals surface area contributed by atoms with Crippen LogP contribution >= 0.6 is 0 Å². The fourth-order valence-electron chi connectivity index (χ4n) is 2.42. The van der Waals surface area contributed by atoms with Crippen LogP contribution in [0.5, 0.6) is 5.75 Å². The Morgan fingerprint density at radius 1 is 1.12 bits per heavy atom. The van der Waals surface area contributed by atoms with Crippen molar-refractivity contribution < 1.29 is 9.53 Å². The van der Waals surface area contributed by atoms with Gasteiger partial charge in [0.1, 0.15) is 5.75 Å². The van der Waals surface area contributed by atoms with Gasteiger partial charge >= 0.3 is 6.03 Å². The van der Waals surface area contributed by atoms with Crippen LogP contribution in [-0.4, -0.2) is 19.2 Å². The number of nitrogen functional groups attached to an aromatic ring is 1. The Balaban J connectivity index is 1.72. The first kappa shape index (κ1) is 17.7. The van der Waals surface area contributed by atoms with Crippen molar-refractivity contribution in [2.45, 2.75) is 27.2 Å². The minimum Gasteiger partial charge on any atom is -0.493 e. The molecule has 0 bridgehead atoms. The standard InChI is InChI=1S/C19H25N3O2/c1-13-8-9-16(20)17(12-13)22-19(23)21-10-5-11-24-18-14(2)6-4-7-15(18)3/h4,6-9,12H,5,10-11,20H2,1-3H3,(H2,21,22,23). The van der Waals surface area contributed by atoms with Crippen LogP contribution in [0.2, 0.25) is 0 Å². The molecule has 24 heavy (non-hydrogen) atoms. The third kappa shape index (κ3) is 4.91. The molecular weight excluding hydrogens is 302 g/mol. The number of amides is 2. The van der Waals surface area contributed by atoms with Crippen LogP contribution < -0.4 is 21.1 Å². The fourth-order valence-corrected chi connectivity index (χ4v) is 2.42. The number of aryl methyl sites for hydroxylation is 3. The summed E-state index contributed by atoms with van der Waals surface area (Å²) >= 11 is 0. The summed E-state index contributed by atoms with van der Waals surface area (Å²) in [5.41, 5.74) is 10.3. The van der Waals surface area contributed by atoms with Crippen molar-refractivity contribution in [3.8, 4) is 5.75 Å². The molecule has 0 spiro atoms. The Morgan fingerprint density at radius 3 is 2.54 bits per heavy atom. The topological polar surface area (TPSA) is 76.4 Å². The molecular formula is C19H25N3O2. The zero-order chi connectivity index (χ0) is 17.5. The van der Waals surface area contributed by atoms with E-state index in [1.165, 1.54) is 0 Å². The maximum atomic E-state index is 11.9. The van der Waals surface area contributed by atoms with Crippen LogP contribution in [0.3, 0.4) is 0 Å². The molecule has 128 valence electrons. The number of nitrogens with one attached hydrogen (secondary N) is 2. The lowest BCUT2D eigenvalue weighted by Gasteiger charge is -2.13. The number of urea groups is 1. The maximum Gasteiger partial charge on any atom is 0.319 e. The Morgan fingerprint density at radius 2 is 1.83 bits per heavy atom. The number of hydrogen-bond acceptors (Lipinski definition) is 3. The predicted octanol–water partition coefficient (Wildman–Crippen LogP) is 3.78. The quantitative estimate of drug-likeness (QED) is 0.558. The summed E-state index contributed by atoms with van der Waals surface area (Å²) in [7, 11) is 0. The van der Waals surface area contributed by atoms with E-state index in [2.05, 4.69) is 10.6 Å². The summed E-state index contributed by atoms with van der Waals surface area (Å²) in [6.07, 6.45) is 0.727. The second-order valence-corrected chi connectivity index (χ2v) is 5.89. The van der Waals surface area contributed by atoms with Gasteiger partial charge in [-0.1, -0.05) is 24.3 Å². The minimum absolute atomic E-state index is 0.264. The number of carbonyl (C=O) groups is 1. The van der Waals surface area contributed by atoms with Crippen molar-refractivity contribution in [3.63, 3.8) is 0 Å². The minimum atomic E-state index is -0.264. The Labute approximate surface area is 143 Å². The molecule has 0 saturated carbocycles. The average Bonchev–Trinajstić information content (AvgIpc) is 2.53. The molecule has 4 N–H and O–H groups in total. The molecule has 2 amide bonds. The molecule has 0 aromatic heterocycles. The zero-order valence-corrected chi connectivity index (χ0v) is 14.5. The van der Waals surface area contributed by atoms with Crippen molar-refractivity contribution >= 4 is 17.4 Å². The van der Waals surface area contributed by atoms with Gasteiger partial charge in [-0.15, -0.1) is 0 Å². The number of para-hydroxylation sites is 1. The molecule has 0 aliphatic heterocycles. The SMILES string of the molecule is Cc1ccc(N)c(NC(=O)NCCCOc2c(C)cccc2C)c1. The van der Waals surface area contributed by atoms with Crippen LogP contribution in [0.15, 0.2) is 36.4 Å². The number of carbonyl (C=O) groups excluding carboxylic acids is 1.